The second kappa shape index (κ2) is 5.70. The first-order valence-corrected chi connectivity index (χ1v) is 7.34. The summed E-state index contributed by atoms with van der Waals surface area (Å²) in [4.78, 5) is 12.5. The van der Waals surface area contributed by atoms with Crippen molar-refractivity contribution in [3.05, 3.63) is 64.2 Å². The first kappa shape index (κ1) is 13.8. The summed E-state index contributed by atoms with van der Waals surface area (Å²) in [7, 11) is 0. The van der Waals surface area contributed by atoms with Crippen molar-refractivity contribution in [1.29, 1.82) is 0 Å². The van der Waals surface area contributed by atoms with Gasteiger partial charge in [0.25, 0.3) is 5.91 Å². The summed E-state index contributed by atoms with van der Waals surface area (Å²) in [5.74, 6) is -0.0410. The lowest BCUT2D eigenvalue weighted by Gasteiger charge is -2.20. The number of hydrogen-bond donors (Lipinski definition) is 2. The third-order valence-electron chi connectivity index (χ3n) is 3.88. The van der Waals surface area contributed by atoms with Crippen molar-refractivity contribution in [2.24, 2.45) is 0 Å². The van der Waals surface area contributed by atoms with E-state index >= 15 is 0 Å². The van der Waals surface area contributed by atoms with Crippen molar-refractivity contribution < 1.29 is 4.79 Å². The predicted octanol–water partition coefficient (Wildman–Crippen LogP) is 3.20. The maximum Gasteiger partial charge on any atom is 0.255 e. The van der Waals surface area contributed by atoms with Crippen molar-refractivity contribution in [3.63, 3.8) is 0 Å². The largest absolute Gasteiger partial charge is 0.322 e. The van der Waals surface area contributed by atoms with Gasteiger partial charge in [-0.15, -0.1) is 0 Å². The number of anilines is 1. The van der Waals surface area contributed by atoms with Gasteiger partial charge in [-0.2, -0.15) is 0 Å². The summed E-state index contributed by atoms with van der Waals surface area (Å²) in [6.45, 7) is 5.84. The zero-order chi connectivity index (χ0) is 14.8. The van der Waals surface area contributed by atoms with Crippen LogP contribution in [0.4, 0.5) is 5.69 Å². The molecule has 0 radical (unpaired) electrons. The fraction of sp³-hybridized carbons (Fsp3) is 0.278. The molecule has 0 unspecified atom stereocenters. The smallest absolute Gasteiger partial charge is 0.255 e. The molecule has 2 aromatic rings. The van der Waals surface area contributed by atoms with Gasteiger partial charge in [-0.1, -0.05) is 29.3 Å². The van der Waals surface area contributed by atoms with E-state index in [0.717, 1.165) is 36.3 Å². The monoisotopic (exact) mass is 280 g/mol. The molecule has 2 aromatic carbocycles. The number of carbonyl (C=O) groups excluding carboxylic acids is 1. The zero-order valence-corrected chi connectivity index (χ0v) is 12.5. The van der Waals surface area contributed by atoms with Crippen LogP contribution in [0.25, 0.3) is 0 Å². The van der Waals surface area contributed by atoms with E-state index in [9.17, 15) is 4.79 Å². The molecule has 3 heteroatoms. The second-order valence-corrected chi connectivity index (χ2v) is 5.70. The molecular formula is C18H20N2O. The molecule has 0 saturated carbocycles. The molecule has 3 rings (SSSR count). The van der Waals surface area contributed by atoms with E-state index in [0.29, 0.717) is 5.56 Å². The predicted molar refractivity (Wildman–Crippen MR) is 85.7 cm³/mol. The summed E-state index contributed by atoms with van der Waals surface area (Å²) in [6, 6.07) is 12.1. The molecule has 108 valence electrons. The van der Waals surface area contributed by atoms with Gasteiger partial charge in [0.05, 0.1) is 0 Å². The van der Waals surface area contributed by atoms with Crippen molar-refractivity contribution in [1.82, 2.24) is 5.32 Å². The third-order valence-corrected chi connectivity index (χ3v) is 3.88. The number of benzene rings is 2. The second-order valence-electron chi connectivity index (χ2n) is 5.70. The Morgan fingerprint density at radius 1 is 1.14 bits per heavy atom. The molecule has 1 heterocycles. The lowest BCUT2D eigenvalue weighted by molar-refractivity contribution is 0.102. The van der Waals surface area contributed by atoms with Crippen LogP contribution in [0.3, 0.4) is 0 Å². The van der Waals surface area contributed by atoms with Crippen LogP contribution in [-0.4, -0.2) is 12.5 Å². The van der Waals surface area contributed by atoms with E-state index in [-0.39, 0.29) is 5.91 Å². The molecule has 0 saturated heterocycles. The summed E-state index contributed by atoms with van der Waals surface area (Å²) in [5.41, 5.74) is 6.39. The number of fused-ring (bicyclic) bond motifs is 1. The average Bonchev–Trinajstić information content (AvgIpc) is 2.46. The molecule has 3 nitrogen and oxygen atoms in total. The Morgan fingerprint density at radius 3 is 2.67 bits per heavy atom. The summed E-state index contributed by atoms with van der Waals surface area (Å²) < 4.78 is 0. The highest BCUT2D eigenvalue weighted by molar-refractivity contribution is 6.05. The average molecular weight is 280 g/mol. The van der Waals surface area contributed by atoms with Crippen LogP contribution >= 0.6 is 0 Å². The zero-order valence-electron chi connectivity index (χ0n) is 12.5. The van der Waals surface area contributed by atoms with Gasteiger partial charge in [-0.3, -0.25) is 4.79 Å². The van der Waals surface area contributed by atoms with E-state index in [4.69, 9.17) is 0 Å². The fourth-order valence-electron chi connectivity index (χ4n) is 2.93. The fourth-order valence-corrected chi connectivity index (χ4v) is 2.93. The Hall–Kier alpha value is -2.13. The molecule has 1 aliphatic rings. The molecule has 1 aliphatic heterocycles. The highest BCUT2D eigenvalue weighted by atomic mass is 16.1. The minimum atomic E-state index is -0.0410. The van der Waals surface area contributed by atoms with Crippen LogP contribution in [0, 0.1) is 13.8 Å². The minimum Gasteiger partial charge on any atom is -0.322 e. The molecule has 1 amide bonds. The molecular weight excluding hydrogens is 260 g/mol. The van der Waals surface area contributed by atoms with E-state index in [1.165, 1.54) is 11.1 Å². The van der Waals surface area contributed by atoms with Crippen LogP contribution in [0.15, 0.2) is 36.4 Å². The highest BCUT2D eigenvalue weighted by Gasteiger charge is 2.15. The molecule has 2 N–H and O–H groups in total. The Labute approximate surface area is 125 Å². The van der Waals surface area contributed by atoms with Gasteiger partial charge in [0.1, 0.15) is 0 Å². The molecule has 0 spiro atoms. The third kappa shape index (κ3) is 2.98. The van der Waals surface area contributed by atoms with Gasteiger partial charge >= 0.3 is 0 Å². The van der Waals surface area contributed by atoms with Crippen LogP contribution in [0.1, 0.15) is 32.6 Å². The topological polar surface area (TPSA) is 41.1 Å². The van der Waals surface area contributed by atoms with Crippen molar-refractivity contribution in [2.45, 2.75) is 26.8 Å². The highest BCUT2D eigenvalue weighted by Crippen LogP contribution is 2.23. The van der Waals surface area contributed by atoms with Crippen LogP contribution in [-0.2, 0) is 13.0 Å². The van der Waals surface area contributed by atoms with Crippen LogP contribution < -0.4 is 10.6 Å². The van der Waals surface area contributed by atoms with E-state index in [2.05, 4.69) is 22.8 Å². The number of hydrogen-bond acceptors (Lipinski definition) is 2. The van der Waals surface area contributed by atoms with Gasteiger partial charge < -0.3 is 10.6 Å². The Bertz CT molecular complexity index is 671. The number of carbonyl (C=O) groups is 1. The molecule has 0 atom stereocenters. The maximum atomic E-state index is 12.5. The normalized spacial score (nSPS) is 13.6. The lowest BCUT2D eigenvalue weighted by atomic mass is 9.99. The maximum absolute atomic E-state index is 12.5. The van der Waals surface area contributed by atoms with Gasteiger partial charge in [-0.25, -0.2) is 0 Å². The lowest BCUT2D eigenvalue weighted by Crippen LogP contribution is -2.25. The SMILES string of the molecule is Cc1cc(C)cc(C(=O)Nc2cccc3c2CNCC3)c1. The Balaban J connectivity index is 1.88. The summed E-state index contributed by atoms with van der Waals surface area (Å²) in [5, 5.41) is 6.42. The number of amides is 1. The molecule has 0 bridgehead atoms. The van der Waals surface area contributed by atoms with Crippen molar-refractivity contribution in [3.8, 4) is 0 Å². The first-order chi connectivity index (χ1) is 10.1. The van der Waals surface area contributed by atoms with Gasteiger partial charge in [-0.05, 0) is 56.1 Å². The first-order valence-electron chi connectivity index (χ1n) is 7.34. The molecule has 21 heavy (non-hydrogen) atoms. The Morgan fingerprint density at radius 2 is 1.90 bits per heavy atom. The standard InChI is InChI=1S/C18H20N2O/c1-12-8-13(2)10-15(9-12)18(21)20-17-5-3-4-14-6-7-19-11-16(14)17/h3-5,8-10,19H,6-7,11H2,1-2H3,(H,20,21). The van der Waals surface area contributed by atoms with Gasteiger partial charge in [0, 0.05) is 17.8 Å². The van der Waals surface area contributed by atoms with E-state index < -0.39 is 0 Å². The molecule has 0 fully saturated rings. The quantitative estimate of drug-likeness (QED) is 0.887. The molecule has 0 aliphatic carbocycles. The number of rotatable bonds is 2. The van der Waals surface area contributed by atoms with Crippen LogP contribution in [0.5, 0.6) is 0 Å². The van der Waals surface area contributed by atoms with Crippen molar-refractivity contribution >= 4 is 11.6 Å². The van der Waals surface area contributed by atoms with E-state index in [1.807, 2.05) is 38.1 Å². The molecule has 0 aromatic heterocycles. The summed E-state index contributed by atoms with van der Waals surface area (Å²) >= 11 is 0. The van der Waals surface area contributed by atoms with Gasteiger partial charge in [0.2, 0.25) is 0 Å². The summed E-state index contributed by atoms with van der Waals surface area (Å²) in [6.07, 6.45) is 1.02. The number of aryl methyl sites for hydroxylation is 2. The van der Waals surface area contributed by atoms with Gasteiger partial charge in [0.15, 0.2) is 0 Å². The Kier molecular flexibility index (Phi) is 3.76. The van der Waals surface area contributed by atoms with Crippen molar-refractivity contribution in [2.75, 3.05) is 11.9 Å². The number of nitrogens with one attached hydrogen (secondary N) is 2. The van der Waals surface area contributed by atoms with Crippen LogP contribution in [0.2, 0.25) is 0 Å². The minimum absolute atomic E-state index is 0.0410. The van der Waals surface area contributed by atoms with E-state index in [1.54, 1.807) is 0 Å².